The van der Waals surface area contributed by atoms with E-state index in [1.165, 1.54) is 24.8 Å². The zero-order valence-corrected chi connectivity index (χ0v) is 22.4. The summed E-state index contributed by atoms with van der Waals surface area (Å²) >= 11 is 6.26. The van der Waals surface area contributed by atoms with Crippen molar-refractivity contribution in [2.24, 2.45) is 10.9 Å². The highest BCUT2D eigenvalue weighted by Gasteiger charge is 2.30. The fourth-order valence-electron chi connectivity index (χ4n) is 4.09. The summed E-state index contributed by atoms with van der Waals surface area (Å²) in [6.45, 7) is 8.62. The van der Waals surface area contributed by atoms with Crippen LogP contribution in [0.4, 0.5) is 0 Å². The molecule has 0 bridgehead atoms. The molecule has 1 aliphatic heterocycles. The molecule has 1 heterocycles. The third kappa shape index (κ3) is 8.89. The molecule has 172 valence electrons. The molecule has 1 saturated heterocycles. The van der Waals surface area contributed by atoms with Crippen molar-refractivity contribution < 1.29 is 0 Å². The van der Waals surface area contributed by atoms with Crippen LogP contribution in [0, 0.1) is 5.92 Å². The monoisotopic (exact) mass is 549 g/mol. The summed E-state index contributed by atoms with van der Waals surface area (Å²) in [4.78, 5) is 9.27. The van der Waals surface area contributed by atoms with Gasteiger partial charge in [-0.15, -0.1) is 24.0 Å². The number of rotatable bonds is 9. The van der Waals surface area contributed by atoms with Crippen LogP contribution in [-0.2, 0) is 0 Å². The van der Waals surface area contributed by atoms with E-state index in [-0.39, 0.29) is 24.0 Å². The lowest BCUT2D eigenvalue weighted by Gasteiger charge is -2.40. The molecule has 0 saturated carbocycles. The highest BCUT2D eigenvalue weighted by Crippen LogP contribution is 2.35. The average Bonchev–Trinajstić information content (AvgIpc) is 2.69. The molecule has 0 amide bonds. The zero-order chi connectivity index (χ0) is 21.2. The van der Waals surface area contributed by atoms with E-state index in [0.717, 1.165) is 43.6 Å². The summed E-state index contributed by atoms with van der Waals surface area (Å²) in [6, 6.07) is 9.32. The Balaban J connectivity index is 0.00000450. The van der Waals surface area contributed by atoms with Crippen molar-refractivity contribution in [1.82, 2.24) is 20.4 Å². The molecule has 1 aromatic carbocycles. The van der Waals surface area contributed by atoms with Gasteiger partial charge in [0.05, 0.1) is 0 Å². The molecular formula is C23H41ClIN5. The number of nitrogens with zero attached hydrogens (tertiary/aromatic N) is 3. The van der Waals surface area contributed by atoms with Crippen molar-refractivity contribution in [3.8, 4) is 0 Å². The topological polar surface area (TPSA) is 42.9 Å². The van der Waals surface area contributed by atoms with Crippen LogP contribution in [0.15, 0.2) is 29.3 Å². The van der Waals surface area contributed by atoms with E-state index in [2.05, 4.69) is 71.6 Å². The fraction of sp³-hybridized carbons (Fsp3) is 0.696. The van der Waals surface area contributed by atoms with Gasteiger partial charge in [-0.25, -0.2) is 0 Å². The second-order valence-corrected chi connectivity index (χ2v) is 8.98. The largest absolute Gasteiger partial charge is 0.356 e. The third-order valence-corrected chi connectivity index (χ3v) is 6.30. The van der Waals surface area contributed by atoms with Crippen molar-refractivity contribution in [1.29, 1.82) is 0 Å². The van der Waals surface area contributed by atoms with Crippen molar-refractivity contribution in [3.05, 3.63) is 34.9 Å². The maximum Gasteiger partial charge on any atom is 0.190 e. The van der Waals surface area contributed by atoms with Crippen molar-refractivity contribution in [3.63, 3.8) is 0 Å². The summed E-state index contributed by atoms with van der Waals surface area (Å²) in [5.41, 5.74) is 1.31. The summed E-state index contributed by atoms with van der Waals surface area (Å²) in [5, 5.41) is 7.85. The first-order valence-electron chi connectivity index (χ1n) is 11.0. The molecule has 2 unspecified atom stereocenters. The lowest BCUT2D eigenvalue weighted by atomic mass is 9.85. The van der Waals surface area contributed by atoms with Gasteiger partial charge in [0.15, 0.2) is 5.96 Å². The number of unbranched alkanes of at least 4 members (excludes halogenated alkanes) is 1. The second-order valence-electron chi connectivity index (χ2n) is 8.54. The first kappa shape index (κ1) is 27.5. The number of aliphatic imine (C=N–C) groups is 1. The molecule has 0 aromatic heterocycles. The lowest BCUT2D eigenvalue weighted by molar-refractivity contribution is 0.122. The highest BCUT2D eigenvalue weighted by atomic mass is 127. The van der Waals surface area contributed by atoms with Crippen LogP contribution < -0.4 is 10.6 Å². The predicted molar refractivity (Wildman–Crippen MR) is 141 cm³/mol. The SMILES string of the molecule is CN=C(NCCCCN(C)C(C)C)NCC1CCCN(C)C1c1cccc(Cl)c1.I. The zero-order valence-electron chi connectivity index (χ0n) is 19.3. The number of piperidine rings is 1. The van der Waals surface area contributed by atoms with Crippen LogP contribution in [0.1, 0.15) is 51.1 Å². The Bertz CT molecular complexity index is 640. The molecule has 1 aliphatic rings. The Labute approximate surface area is 206 Å². The minimum atomic E-state index is 0. The van der Waals surface area contributed by atoms with Crippen LogP contribution >= 0.6 is 35.6 Å². The van der Waals surface area contributed by atoms with Crippen LogP contribution in [0.25, 0.3) is 0 Å². The van der Waals surface area contributed by atoms with E-state index in [4.69, 9.17) is 11.6 Å². The van der Waals surface area contributed by atoms with Gasteiger partial charge in [-0.3, -0.25) is 9.89 Å². The molecule has 5 nitrogen and oxygen atoms in total. The molecule has 0 radical (unpaired) electrons. The molecule has 0 spiro atoms. The minimum absolute atomic E-state index is 0. The lowest BCUT2D eigenvalue weighted by Crippen LogP contribution is -2.45. The van der Waals surface area contributed by atoms with Gasteiger partial charge in [0, 0.05) is 37.2 Å². The quantitative estimate of drug-likeness (QED) is 0.204. The number of likely N-dealkylation sites (tertiary alicyclic amines) is 1. The summed E-state index contributed by atoms with van der Waals surface area (Å²) in [7, 11) is 6.26. The number of guanidine groups is 1. The first-order valence-corrected chi connectivity index (χ1v) is 11.4. The van der Waals surface area contributed by atoms with E-state index >= 15 is 0 Å². The number of benzene rings is 1. The molecule has 2 N–H and O–H groups in total. The van der Waals surface area contributed by atoms with Gasteiger partial charge in [-0.05, 0) is 90.3 Å². The Morgan fingerprint density at radius 2 is 2.07 bits per heavy atom. The van der Waals surface area contributed by atoms with Gasteiger partial charge in [-0.2, -0.15) is 0 Å². The summed E-state index contributed by atoms with van der Waals surface area (Å²) in [5.74, 6) is 1.44. The number of halogens is 2. The van der Waals surface area contributed by atoms with E-state index < -0.39 is 0 Å². The number of nitrogens with one attached hydrogen (secondary N) is 2. The van der Waals surface area contributed by atoms with E-state index in [1.54, 1.807) is 0 Å². The van der Waals surface area contributed by atoms with E-state index in [0.29, 0.717) is 18.0 Å². The molecule has 2 rings (SSSR count). The summed E-state index contributed by atoms with van der Waals surface area (Å²) in [6.07, 6.45) is 4.79. The predicted octanol–water partition coefficient (Wildman–Crippen LogP) is 4.63. The number of hydrogen-bond acceptors (Lipinski definition) is 3. The maximum atomic E-state index is 6.26. The van der Waals surface area contributed by atoms with Crippen LogP contribution in [0.3, 0.4) is 0 Å². The summed E-state index contributed by atoms with van der Waals surface area (Å²) < 4.78 is 0. The Kier molecular flexibility index (Phi) is 13.3. The third-order valence-electron chi connectivity index (χ3n) is 6.06. The maximum absolute atomic E-state index is 6.26. The Morgan fingerprint density at radius 1 is 1.30 bits per heavy atom. The standard InChI is InChI=1S/C23H40ClN5.HI/c1-18(2)28(4)14-7-6-13-26-23(25-3)27-17-20-11-9-15-29(5)22(20)19-10-8-12-21(24)16-19;/h8,10,12,16,18,20,22H,6-7,9,11,13-15,17H2,1-5H3,(H2,25,26,27);1H. The molecule has 1 fully saturated rings. The second kappa shape index (κ2) is 14.5. The van der Waals surface area contributed by atoms with Gasteiger partial charge < -0.3 is 15.5 Å². The minimum Gasteiger partial charge on any atom is -0.356 e. The van der Waals surface area contributed by atoms with E-state index in [1.807, 2.05) is 13.1 Å². The van der Waals surface area contributed by atoms with Gasteiger partial charge in [0.25, 0.3) is 0 Å². The molecule has 7 heteroatoms. The van der Waals surface area contributed by atoms with Gasteiger partial charge >= 0.3 is 0 Å². The fourth-order valence-corrected chi connectivity index (χ4v) is 4.29. The van der Waals surface area contributed by atoms with Gasteiger partial charge in [0.2, 0.25) is 0 Å². The van der Waals surface area contributed by atoms with Crippen molar-refractivity contribution in [2.75, 3.05) is 47.3 Å². The average molecular weight is 550 g/mol. The Hall–Kier alpha value is -0.570. The molecular weight excluding hydrogens is 509 g/mol. The van der Waals surface area contributed by atoms with Crippen LogP contribution in [0.5, 0.6) is 0 Å². The Morgan fingerprint density at radius 3 is 2.73 bits per heavy atom. The molecule has 1 aromatic rings. The highest BCUT2D eigenvalue weighted by molar-refractivity contribution is 14.0. The van der Waals surface area contributed by atoms with E-state index in [9.17, 15) is 0 Å². The van der Waals surface area contributed by atoms with Crippen molar-refractivity contribution >= 4 is 41.5 Å². The number of hydrogen-bond donors (Lipinski definition) is 2. The van der Waals surface area contributed by atoms with Gasteiger partial charge in [0.1, 0.15) is 0 Å². The first-order chi connectivity index (χ1) is 13.9. The van der Waals surface area contributed by atoms with Gasteiger partial charge in [-0.1, -0.05) is 23.7 Å². The van der Waals surface area contributed by atoms with Crippen LogP contribution in [-0.4, -0.2) is 69.1 Å². The normalized spacial score (nSPS) is 20.3. The molecule has 30 heavy (non-hydrogen) atoms. The van der Waals surface area contributed by atoms with Crippen molar-refractivity contribution in [2.45, 2.75) is 51.6 Å². The smallest absolute Gasteiger partial charge is 0.190 e. The molecule has 0 aliphatic carbocycles. The van der Waals surface area contributed by atoms with Crippen LogP contribution in [0.2, 0.25) is 5.02 Å². The molecule has 2 atom stereocenters.